The number of rotatable bonds is 3. The van der Waals surface area contributed by atoms with Crippen molar-refractivity contribution < 1.29 is 0 Å². The van der Waals surface area contributed by atoms with Crippen molar-refractivity contribution in [2.75, 3.05) is 0 Å². The minimum atomic E-state index is 0.0426. The molecule has 0 radical (unpaired) electrons. The second-order valence-electron chi connectivity index (χ2n) is 5.42. The first-order chi connectivity index (χ1) is 9.92. The van der Waals surface area contributed by atoms with Gasteiger partial charge in [0.1, 0.15) is 0 Å². The Balaban J connectivity index is 1.80. The fourth-order valence-corrected chi connectivity index (χ4v) is 4.99. The smallest absolute Gasteiger partial charge is 0.0758 e. The molecule has 1 fully saturated rings. The summed E-state index contributed by atoms with van der Waals surface area (Å²) in [4.78, 5) is 4.31. The van der Waals surface area contributed by atoms with E-state index in [2.05, 4.69) is 78.9 Å². The van der Waals surface area contributed by atoms with E-state index in [0.29, 0.717) is 0 Å². The quantitative estimate of drug-likeness (QED) is 0.706. The Hall–Kier alpha value is -1.73. The molecule has 0 aliphatic heterocycles. The largest absolute Gasteiger partial charge is 0.166 e. The molecule has 0 nitrogen and oxygen atoms in total. The van der Waals surface area contributed by atoms with Crippen molar-refractivity contribution in [3.63, 3.8) is 0 Å². The van der Waals surface area contributed by atoms with Crippen molar-refractivity contribution in [2.45, 2.75) is 16.2 Å². The van der Waals surface area contributed by atoms with Crippen molar-refractivity contribution >= 4 is 10.9 Å². The van der Waals surface area contributed by atoms with Crippen molar-refractivity contribution in [2.24, 2.45) is 11.8 Å². The first-order valence-corrected chi connectivity index (χ1v) is 8.39. The van der Waals surface area contributed by atoms with E-state index in [0.717, 1.165) is 11.8 Å². The third kappa shape index (κ3) is 2.23. The Morgan fingerprint density at radius 1 is 0.750 bits per heavy atom. The molecule has 2 aliphatic carbocycles. The van der Waals surface area contributed by atoms with E-state index < -0.39 is 0 Å². The van der Waals surface area contributed by atoms with Crippen LogP contribution in [0.3, 0.4) is 0 Å². The van der Waals surface area contributed by atoms with Crippen LogP contribution in [0.5, 0.6) is 0 Å². The minimum Gasteiger partial charge on any atom is -0.0758 e. The Bertz CT molecular complexity index is 615. The highest BCUT2D eigenvalue weighted by Crippen LogP contribution is 2.47. The lowest BCUT2D eigenvalue weighted by Crippen LogP contribution is -2.07. The molecular weight excluding hydrogens is 260 g/mol. The summed E-state index contributed by atoms with van der Waals surface area (Å²) in [5.41, 5.74) is 0. The van der Waals surface area contributed by atoms with Gasteiger partial charge in [0.05, 0.1) is 10.9 Å². The van der Waals surface area contributed by atoms with Gasteiger partial charge in [0, 0.05) is 0 Å². The summed E-state index contributed by atoms with van der Waals surface area (Å²) in [7, 11) is 0.0426. The monoisotopic (exact) mass is 277 g/mol. The van der Waals surface area contributed by atoms with Crippen molar-refractivity contribution in [1.82, 2.24) is 0 Å². The molecule has 2 aromatic rings. The maximum absolute atomic E-state index is 2.51. The van der Waals surface area contributed by atoms with E-state index in [1.807, 2.05) is 0 Å². The fourth-order valence-electron chi connectivity index (χ4n) is 2.79. The lowest BCUT2D eigenvalue weighted by atomic mass is 10.2. The van der Waals surface area contributed by atoms with Crippen LogP contribution in [0.15, 0.2) is 93.6 Å². The molecule has 0 aromatic heterocycles. The van der Waals surface area contributed by atoms with Gasteiger partial charge in [-0.1, -0.05) is 42.5 Å². The van der Waals surface area contributed by atoms with Crippen LogP contribution in [0.1, 0.15) is 6.42 Å². The maximum atomic E-state index is 2.51. The van der Waals surface area contributed by atoms with E-state index in [1.165, 1.54) is 21.1 Å². The van der Waals surface area contributed by atoms with Gasteiger partial charge in [0.15, 0.2) is 14.7 Å². The van der Waals surface area contributed by atoms with Gasteiger partial charge in [-0.25, -0.2) is 0 Å². The summed E-state index contributed by atoms with van der Waals surface area (Å²) in [6.45, 7) is 0. The van der Waals surface area contributed by atoms with E-state index in [-0.39, 0.29) is 10.9 Å². The highest BCUT2D eigenvalue weighted by Gasteiger charge is 2.40. The molecule has 20 heavy (non-hydrogen) atoms. The average molecular weight is 277 g/mol. The van der Waals surface area contributed by atoms with E-state index in [4.69, 9.17) is 0 Å². The van der Waals surface area contributed by atoms with Crippen LogP contribution in [0, 0.1) is 11.8 Å². The van der Waals surface area contributed by atoms with Crippen molar-refractivity contribution in [3.8, 4) is 0 Å². The van der Waals surface area contributed by atoms with Crippen molar-refractivity contribution in [1.29, 1.82) is 0 Å². The predicted octanol–water partition coefficient (Wildman–Crippen LogP) is 4.81. The van der Waals surface area contributed by atoms with Crippen LogP contribution in [0.25, 0.3) is 0 Å². The lowest BCUT2D eigenvalue weighted by Gasteiger charge is -2.10. The standard InChI is InChI=1S/C19H17S/c1-3-7-17(8-4-1)20(18-9-5-2-6-10-18)19-12-11-15-13-16(15)14-19/h1-12,14-16H,13H2/q+1. The molecule has 0 N–H and O–H groups in total. The minimum absolute atomic E-state index is 0.0426. The molecule has 0 heterocycles. The molecule has 2 atom stereocenters. The molecule has 2 unspecified atom stereocenters. The number of fused-ring (bicyclic) bond motifs is 1. The molecule has 2 aromatic carbocycles. The van der Waals surface area contributed by atoms with Gasteiger partial charge < -0.3 is 0 Å². The van der Waals surface area contributed by atoms with Gasteiger partial charge >= 0.3 is 0 Å². The molecule has 0 bridgehead atoms. The predicted molar refractivity (Wildman–Crippen MR) is 85.6 cm³/mol. The van der Waals surface area contributed by atoms with Gasteiger partial charge in [0.2, 0.25) is 0 Å². The highest BCUT2D eigenvalue weighted by atomic mass is 32.2. The average Bonchev–Trinajstić information content (AvgIpc) is 3.28. The summed E-state index contributed by atoms with van der Waals surface area (Å²) in [6.07, 6.45) is 8.62. The molecule has 0 amide bonds. The highest BCUT2D eigenvalue weighted by molar-refractivity contribution is 8.00. The summed E-state index contributed by atoms with van der Waals surface area (Å²) in [5, 5.41) is 0. The van der Waals surface area contributed by atoms with E-state index >= 15 is 0 Å². The van der Waals surface area contributed by atoms with E-state index in [1.54, 1.807) is 0 Å². The Morgan fingerprint density at radius 2 is 1.35 bits per heavy atom. The molecule has 98 valence electrons. The Kier molecular flexibility index (Phi) is 3.00. The summed E-state index contributed by atoms with van der Waals surface area (Å²) in [5.74, 6) is 1.63. The lowest BCUT2D eigenvalue weighted by molar-refractivity contribution is 0.976. The first kappa shape index (κ1) is 12.0. The maximum Gasteiger partial charge on any atom is 0.166 e. The van der Waals surface area contributed by atoms with Crippen LogP contribution in [-0.2, 0) is 10.9 Å². The van der Waals surface area contributed by atoms with Crippen LogP contribution < -0.4 is 0 Å². The van der Waals surface area contributed by atoms with Gasteiger partial charge in [-0.05, 0) is 54.7 Å². The number of allylic oxidation sites excluding steroid dienone is 3. The van der Waals surface area contributed by atoms with Crippen LogP contribution in [0.4, 0.5) is 0 Å². The second kappa shape index (κ2) is 4.99. The van der Waals surface area contributed by atoms with Gasteiger partial charge in [-0.3, -0.25) is 0 Å². The topological polar surface area (TPSA) is 0 Å². The molecule has 2 aliphatic rings. The molecule has 0 spiro atoms. The number of benzene rings is 2. The van der Waals surface area contributed by atoms with Gasteiger partial charge in [-0.2, -0.15) is 0 Å². The van der Waals surface area contributed by atoms with Crippen LogP contribution in [0.2, 0.25) is 0 Å². The zero-order valence-electron chi connectivity index (χ0n) is 11.3. The zero-order chi connectivity index (χ0) is 13.4. The van der Waals surface area contributed by atoms with Gasteiger partial charge in [-0.15, -0.1) is 0 Å². The molecule has 1 heteroatoms. The SMILES string of the molecule is C1=CC2CC2C=C1[S+](c1ccccc1)c1ccccc1. The second-order valence-corrected chi connectivity index (χ2v) is 7.45. The summed E-state index contributed by atoms with van der Waals surface area (Å²) in [6, 6.07) is 21.8. The fraction of sp³-hybridized carbons (Fsp3) is 0.158. The zero-order valence-corrected chi connectivity index (χ0v) is 12.1. The summed E-state index contributed by atoms with van der Waals surface area (Å²) < 4.78 is 0. The van der Waals surface area contributed by atoms with E-state index in [9.17, 15) is 0 Å². The Morgan fingerprint density at radius 3 is 1.90 bits per heavy atom. The third-order valence-corrected chi connectivity index (χ3v) is 6.20. The molecule has 1 saturated carbocycles. The Labute approximate surface area is 123 Å². The van der Waals surface area contributed by atoms with Crippen molar-refractivity contribution in [3.05, 3.63) is 83.8 Å². The number of hydrogen-bond donors (Lipinski definition) is 0. The van der Waals surface area contributed by atoms with Gasteiger partial charge in [0.25, 0.3) is 0 Å². The first-order valence-electron chi connectivity index (χ1n) is 7.16. The molecule has 0 saturated heterocycles. The van der Waals surface area contributed by atoms with Crippen LogP contribution in [-0.4, -0.2) is 0 Å². The summed E-state index contributed by atoms with van der Waals surface area (Å²) >= 11 is 0. The van der Waals surface area contributed by atoms with Crippen LogP contribution >= 0.6 is 0 Å². The number of hydrogen-bond acceptors (Lipinski definition) is 0. The third-order valence-electron chi connectivity index (χ3n) is 3.97. The molecular formula is C19H17S+. The normalized spacial score (nSPS) is 23.4. The molecule has 4 rings (SSSR count).